The maximum Gasteiger partial charge on any atom is 0.119 e. The fourth-order valence-electron chi connectivity index (χ4n) is 2.61. The Morgan fingerprint density at radius 2 is 1.55 bits per heavy atom. The van der Waals surface area contributed by atoms with E-state index in [0.717, 1.165) is 11.3 Å². The molecule has 0 aliphatic heterocycles. The van der Waals surface area contributed by atoms with Crippen molar-refractivity contribution in [2.24, 2.45) is 0 Å². The lowest BCUT2D eigenvalue weighted by Gasteiger charge is -2.01. The van der Waals surface area contributed by atoms with E-state index in [0.29, 0.717) is 0 Å². The Morgan fingerprint density at radius 1 is 0.909 bits per heavy atom. The molecule has 0 aliphatic rings. The Labute approximate surface area is 137 Å². The zero-order valence-electron chi connectivity index (χ0n) is 14.6. The number of hydrogen-bond acceptors (Lipinski definition) is 1. The SMILES string of the molecule is CCCCCCCCCCCC/C=C/c1[c]cc(OC)cc1. The van der Waals surface area contributed by atoms with E-state index in [9.17, 15) is 0 Å². The van der Waals surface area contributed by atoms with Gasteiger partial charge in [-0.2, -0.15) is 0 Å². The molecule has 1 nitrogen and oxygen atoms in total. The summed E-state index contributed by atoms with van der Waals surface area (Å²) in [5.74, 6) is 0.867. The number of rotatable bonds is 13. The highest BCUT2D eigenvalue weighted by atomic mass is 16.5. The van der Waals surface area contributed by atoms with Crippen LogP contribution >= 0.6 is 0 Å². The summed E-state index contributed by atoms with van der Waals surface area (Å²) in [6.45, 7) is 2.28. The van der Waals surface area contributed by atoms with Crippen molar-refractivity contribution >= 4 is 6.08 Å². The van der Waals surface area contributed by atoms with Gasteiger partial charge in [0.15, 0.2) is 0 Å². The van der Waals surface area contributed by atoms with Gasteiger partial charge in [0.1, 0.15) is 5.75 Å². The van der Waals surface area contributed by atoms with E-state index in [2.05, 4.69) is 25.1 Å². The van der Waals surface area contributed by atoms with Crippen molar-refractivity contribution in [1.82, 2.24) is 0 Å². The highest BCUT2D eigenvalue weighted by molar-refractivity contribution is 5.49. The third-order valence-electron chi connectivity index (χ3n) is 4.07. The van der Waals surface area contributed by atoms with Crippen LogP contribution in [0.25, 0.3) is 6.08 Å². The van der Waals surface area contributed by atoms with E-state index in [4.69, 9.17) is 4.74 Å². The first kappa shape index (κ1) is 18.8. The highest BCUT2D eigenvalue weighted by Gasteiger charge is 1.93. The van der Waals surface area contributed by atoms with Gasteiger partial charge in [0.2, 0.25) is 0 Å². The minimum Gasteiger partial charge on any atom is -0.497 e. The second-order valence-electron chi connectivity index (χ2n) is 6.06. The maximum absolute atomic E-state index is 5.13. The molecule has 0 aliphatic carbocycles. The molecule has 123 valence electrons. The number of allylic oxidation sites excluding steroid dienone is 1. The molecule has 0 bridgehead atoms. The van der Waals surface area contributed by atoms with Crippen molar-refractivity contribution in [2.45, 2.75) is 77.6 Å². The van der Waals surface area contributed by atoms with Crippen LogP contribution in [0.2, 0.25) is 0 Å². The van der Waals surface area contributed by atoms with Gasteiger partial charge in [-0.25, -0.2) is 0 Å². The summed E-state index contributed by atoms with van der Waals surface area (Å²) in [5.41, 5.74) is 1.13. The van der Waals surface area contributed by atoms with Crippen LogP contribution in [-0.2, 0) is 0 Å². The van der Waals surface area contributed by atoms with E-state index in [1.807, 2.05) is 18.2 Å². The molecule has 0 saturated heterocycles. The van der Waals surface area contributed by atoms with Crippen LogP contribution in [0.4, 0.5) is 0 Å². The lowest BCUT2D eigenvalue weighted by Crippen LogP contribution is -1.82. The van der Waals surface area contributed by atoms with E-state index < -0.39 is 0 Å². The molecule has 22 heavy (non-hydrogen) atoms. The summed E-state index contributed by atoms with van der Waals surface area (Å²) in [5, 5.41) is 0. The number of benzene rings is 1. The van der Waals surface area contributed by atoms with Crippen molar-refractivity contribution in [3.8, 4) is 5.75 Å². The molecule has 1 rings (SSSR count). The van der Waals surface area contributed by atoms with Gasteiger partial charge in [-0.3, -0.25) is 0 Å². The third-order valence-corrected chi connectivity index (χ3v) is 4.07. The van der Waals surface area contributed by atoms with Crippen LogP contribution in [0.15, 0.2) is 24.3 Å². The minimum absolute atomic E-state index is 0.867. The normalized spacial score (nSPS) is 11.2. The minimum atomic E-state index is 0.867. The van der Waals surface area contributed by atoms with Gasteiger partial charge >= 0.3 is 0 Å². The van der Waals surface area contributed by atoms with Crippen LogP contribution in [-0.4, -0.2) is 7.11 Å². The molecule has 0 fully saturated rings. The van der Waals surface area contributed by atoms with Crippen LogP contribution in [0.3, 0.4) is 0 Å². The lowest BCUT2D eigenvalue weighted by atomic mass is 10.1. The molecule has 0 unspecified atom stereocenters. The fourth-order valence-corrected chi connectivity index (χ4v) is 2.61. The van der Waals surface area contributed by atoms with E-state index in [1.165, 1.54) is 70.6 Å². The third kappa shape index (κ3) is 9.65. The fraction of sp³-hybridized carbons (Fsp3) is 0.619. The predicted octanol–water partition coefficient (Wildman–Crippen LogP) is 6.82. The van der Waals surface area contributed by atoms with Crippen molar-refractivity contribution in [1.29, 1.82) is 0 Å². The molecular formula is C21H33O. The molecular weight excluding hydrogens is 268 g/mol. The first-order valence-electron chi connectivity index (χ1n) is 9.09. The highest BCUT2D eigenvalue weighted by Crippen LogP contribution is 2.13. The molecule has 0 heterocycles. The second-order valence-corrected chi connectivity index (χ2v) is 6.06. The Kier molecular flexibility index (Phi) is 11.5. The van der Waals surface area contributed by atoms with Gasteiger partial charge in [0.25, 0.3) is 0 Å². The zero-order chi connectivity index (χ0) is 15.9. The molecule has 0 spiro atoms. The van der Waals surface area contributed by atoms with Gasteiger partial charge in [-0.1, -0.05) is 82.9 Å². The number of hydrogen-bond donors (Lipinski definition) is 0. The molecule has 1 aromatic rings. The molecule has 0 saturated carbocycles. The van der Waals surface area contributed by atoms with Crippen LogP contribution in [0.1, 0.15) is 83.1 Å². The Balaban J connectivity index is 1.93. The average molecular weight is 301 g/mol. The summed E-state index contributed by atoms with van der Waals surface area (Å²) in [7, 11) is 1.68. The predicted molar refractivity (Wildman–Crippen MR) is 97.3 cm³/mol. The van der Waals surface area contributed by atoms with Crippen molar-refractivity contribution in [3.05, 3.63) is 35.9 Å². The first-order valence-corrected chi connectivity index (χ1v) is 9.09. The van der Waals surface area contributed by atoms with Crippen LogP contribution in [0.5, 0.6) is 5.75 Å². The smallest absolute Gasteiger partial charge is 0.119 e. The van der Waals surface area contributed by atoms with Gasteiger partial charge in [0.05, 0.1) is 7.11 Å². The monoisotopic (exact) mass is 301 g/mol. The molecule has 0 amide bonds. The maximum atomic E-state index is 5.13. The first-order chi connectivity index (χ1) is 10.9. The van der Waals surface area contributed by atoms with E-state index in [1.54, 1.807) is 7.11 Å². The quantitative estimate of drug-likeness (QED) is 0.363. The summed E-state index contributed by atoms with van der Waals surface area (Å²) in [6.07, 6.45) is 19.6. The Hall–Kier alpha value is -1.24. The van der Waals surface area contributed by atoms with Gasteiger partial charge in [0, 0.05) is 0 Å². The zero-order valence-corrected chi connectivity index (χ0v) is 14.6. The van der Waals surface area contributed by atoms with Gasteiger partial charge < -0.3 is 4.74 Å². The number of ether oxygens (including phenoxy) is 1. The van der Waals surface area contributed by atoms with Crippen molar-refractivity contribution < 1.29 is 4.74 Å². The summed E-state index contributed by atoms with van der Waals surface area (Å²) in [6, 6.07) is 9.14. The number of methoxy groups -OCH3 is 1. The summed E-state index contributed by atoms with van der Waals surface area (Å²) < 4.78 is 5.13. The molecule has 0 aromatic heterocycles. The largest absolute Gasteiger partial charge is 0.497 e. The standard InChI is InChI=1S/C21H33O/c1-3-4-5-6-7-8-9-10-11-12-13-14-15-20-16-18-21(22-2)19-17-20/h14-16,18-19H,3-13H2,1-2H3/b15-14+. The lowest BCUT2D eigenvalue weighted by molar-refractivity contribution is 0.414. The molecule has 1 radical (unpaired) electrons. The van der Waals surface area contributed by atoms with Crippen LogP contribution in [0, 0.1) is 6.07 Å². The van der Waals surface area contributed by atoms with Crippen molar-refractivity contribution in [3.63, 3.8) is 0 Å². The second kappa shape index (κ2) is 13.4. The van der Waals surface area contributed by atoms with Gasteiger partial charge in [-0.05, 0) is 36.6 Å². The average Bonchev–Trinajstić information content (AvgIpc) is 2.56. The number of unbranched alkanes of at least 4 members (excludes halogenated alkanes) is 10. The Bertz CT molecular complexity index is 377. The molecule has 0 atom stereocenters. The Morgan fingerprint density at radius 3 is 2.09 bits per heavy atom. The topological polar surface area (TPSA) is 9.23 Å². The van der Waals surface area contributed by atoms with Crippen LogP contribution < -0.4 is 4.74 Å². The molecule has 0 N–H and O–H groups in total. The summed E-state index contributed by atoms with van der Waals surface area (Å²) in [4.78, 5) is 0. The van der Waals surface area contributed by atoms with Gasteiger partial charge in [-0.15, -0.1) is 0 Å². The van der Waals surface area contributed by atoms with E-state index >= 15 is 0 Å². The molecule has 1 heteroatoms. The van der Waals surface area contributed by atoms with Crippen molar-refractivity contribution in [2.75, 3.05) is 7.11 Å². The van der Waals surface area contributed by atoms with E-state index in [-0.39, 0.29) is 0 Å². The summed E-state index contributed by atoms with van der Waals surface area (Å²) >= 11 is 0. The molecule has 1 aromatic carbocycles.